The molecule has 1 N–H and O–H groups in total. The van der Waals surface area contributed by atoms with Crippen molar-refractivity contribution in [2.24, 2.45) is 0 Å². The molecule has 0 saturated carbocycles. The number of anilines is 1. The van der Waals surface area contributed by atoms with Crippen molar-refractivity contribution in [3.05, 3.63) is 96.1 Å². The number of thioether (sulfide) groups is 1. The molecule has 0 aliphatic carbocycles. The van der Waals surface area contributed by atoms with Crippen LogP contribution in [0.2, 0.25) is 0 Å². The van der Waals surface area contributed by atoms with Crippen LogP contribution >= 0.6 is 11.8 Å². The quantitative estimate of drug-likeness (QED) is 0.459. The smallest absolute Gasteiger partial charge is 0.135 e. The summed E-state index contributed by atoms with van der Waals surface area (Å²) in [5, 5.41) is 8.95. The van der Waals surface area contributed by atoms with E-state index in [1.54, 1.807) is 7.11 Å². The van der Waals surface area contributed by atoms with Crippen LogP contribution in [-0.4, -0.2) is 29.2 Å². The molecule has 0 radical (unpaired) electrons. The SMILES string of the molecule is COc1ccc([C@@H]2SCCNc3c2c(-c2ccccc2)nn3-c2ccccc2)cc1. The normalized spacial score (nSPS) is 15.7. The maximum atomic E-state index is 5.37. The van der Waals surface area contributed by atoms with Gasteiger partial charge in [-0.05, 0) is 29.8 Å². The molecule has 5 rings (SSSR count). The molecule has 1 aliphatic rings. The minimum atomic E-state index is 0.188. The molecular weight excluding hydrogens is 390 g/mol. The summed E-state index contributed by atoms with van der Waals surface area (Å²) in [5.41, 5.74) is 5.71. The maximum Gasteiger partial charge on any atom is 0.135 e. The molecule has 5 heteroatoms. The fourth-order valence-electron chi connectivity index (χ4n) is 3.88. The van der Waals surface area contributed by atoms with Gasteiger partial charge >= 0.3 is 0 Å². The number of nitrogens with zero attached hydrogens (tertiary/aromatic N) is 2. The highest BCUT2D eigenvalue weighted by Gasteiger charge is 2.30. The number of methoxy groups -OCH3 is 1. The third-order valence-corrected chi connectivity index (χ3v) is 6.61. The van der Waals surface area contributed by atoms with E-state index < -0.39 is 0 Å². The van der Waals surface area contributed by atoms with Crippen molar-refractivity contribution in [3.8, 4) is 22.7 Å². The average Bonchev–Trinajstić information content (AvgIpc) is 3.06. The monoisotopic (exact) mass is 413 g/mol. The minimum Gasteiger partial charge on any atom is -0.497 e. The molecule has 0 unspecified atom stereocenters. The number of benzene rings is 3. The highest BCUT2D eigenvalue weighted by Crippen LogP contribution is 2.46. The van der Waals surface area contributed by atoms with Crippen molar-refractivity contribution in [1.82, 2.24) is 9.78 Å². The molecule has 1 atom stereocenters. The van der Waals surface area contributed by atoms with Crippen LogP contribution in [-0.2, 0) is 0 Å². The van der Waals surface area contributed by atoms with E-state index in [0.717, 1.165) is 40.8 Å². The Morgan fingerprint density at radius 3 is 2.33 bits per heavy atom. The van der Waals surface area contributed by atoms with E-state index in [1.165, 1.54) is 11.1 Å². The first-order valence-corrected chi connectivity index (χ1v) is 11.1. The van der Waals surface area contributed by atoms with Gasteiger partial charge in [0.15, 0.2) is 0 Å². The van der Waals surface area contributed by atoms with Gasteiger partial charge in [-0.1, -0.05) is 60.7 Å². The first kappa shape index (κ1) is 18.8. The summed E-state index contributed by atoms with van der Waals surface area (Å²) in [6.07, 6.45) is 0. The summed E-state index contributed by atoms with van der Waals surface area (Å²) in [7, 11) is 1.70. The minimum absolute atomic E-state index is 0.188. The maximum absolute atomic E-state index is 5.37. The predicted octanol–water partition coefficient (Wildman–Crippen LogP) is 5.80. The second kappa shape index (κ2) is 8.28. The van der Waals surface area contributed by atoms with E-state index in [1.807, 2.05) is 36.0 Å². The Hall–Kier alpha value is -3.18. The molecule has 0 fully saturated rings. The fraction of sp³-hybridized carbons (Fsp3) is 0.160. The second-order valence-electron chi connectivity index (χ2n) is 7.18. The topological polar surface area (TPSA) is 39.1 Å². The molecule has 4 aromatic rings. The lowest BCUT2D eigenvalue weighted by Gasteiger charge is -2.17. The first-order valence-electron chi connectivity index (χ1n) is 10.1. The Kier molecular flexibility index (Phi) is 5.20. The zero-order valence-corrected chi connectivity index (χ0v) is 17.6. The van der Waals surface area contributed by atoms with Gasteiger partial charge in [-0.15, -0.1) is 11.8 Å². The molecule has 150 valence electrons. The number of rotatable bonds is 4. The van der Waals surface area contributed by atoms with Crippen molar-refractivity contribution < 1.29 is 4.74 Å². The molecule has 0 saturated heterocycles. The van der Waals surface area contributed by atoms with Gasteiger partial charge in [0.25, 0.3) is 0 Å². The van der Waals surface area contributed by atoms with Crippen LogP contribution in [0.25, 0.3) is 16.9 Å². The van der Waals surface area contributed by atoms with Gasteiger partial charge in [0.1, 0.15) is 11.6 Å². The number of hydrogen-bond donors (Lipinski definition) is 1. The summed E-state index contributed by atoms with van der Waals surface area (Å²) in [6, 6.07) is 29.2. The van der Waals surface area contributed by atoms with Gasteiger partial charge in [0.05, 0.1) is 23.7 Å². The van der Waals surface area contributed by atoms with E-state index in [4.69, 9.17) is 9.84 Å². The van der Waals surface area contributed by atoms with Gasteiger partial charge in [0, 0.05) is 23.4 Å². The highest BCUT2D eigenvalue weighted by molar-refractivity contribution is 7.99. The third-order valence-electron chi connectivity index (χ3n) is 5.33. The lowest BCUT2D eigenvalue weighted by Crippen LogP contribution is -2.08. The second-order valence-corrected chi connectivity index (χ2v) is 8.39. The zero-order valence-electron chi connectivity index (χ0n) is 16.8. The number of fused-ring (bicyclic) bond motifs is 1. The molecular formula is C25H23N3OS. The van der Waals surface area contributed by atoms with Crippen LogP contribution in [0.15, 0.2) is 84.9 Å². The standard InChI is InChI=1S/C25H23N3OS/c1-29-21-14-12-19(13-15-21)24-22-23(18-8-4-2-5-9-18)27-28(20-10-6-3-7-11-20)25(22)26-16-17-30-24/h2-15,24,26H,16-17H2,1H3/t24-/m0/s1. The molecule has 0 bridgehead atoms. The molecule has 0 amide bonds. The van der Waals surface area contributed by atoms with E-state index in [9.17, 15) is 0 Å². The number of hydrogen-bond acceptors (Lipinski definition) is 4. The summed E-state index contributed by atoms with van der Waals surface area (Å²) in [4.78, 5) is 0. The van der Waals surface area contributed by atoms with Crippen molar-refractivity contribution in [3.63, 3.8) is 0 Å². The van der Waals surface area contributed by atoms with Crippen LogP contribution < -0.4 is 10.1 Å². The van der Waals surface area contributed by atoms with Crippen molar-refractivity contribution >= 4 is 17.6 Å². The first-order chi connectivity index (χ1) is 14.8. The lowest BCUT2D eigenvalue weighted by atomic mass is 10.00. The van der Waals surface area contributed by atoms with Gasteiger partial charge in [-0.3, -0.25) is 0 Å². The molecule has 30 heavy (non-hydrogen) atoms. The summed E-state index contributed by atoms with van der Waals surface area (Å²) >= 11 is 1.95. The van der Waals surface area contributed by atoms with Crippen LogP contribution in [0.5, 0.6) is 5.75 Å². The lowest BCUT2D eigenvalue weighted by molar-refractivity contribution is 0.414. The van der Waals surface area contributed by atoms with Crippen molar-refractivity contribution in [2.45, 2.75) is 5.25 Å². The Morgan fingerprint density at radius 2 is 1.63 bits per heavy atom. The molecule has 4 nitrogen and oxygen atoms in total. The molecule has 2 heterocycles. The fourth-order valence-corrected chi connectivity index (χ4v) is 5.08. The zero-order chi connectivity index (χ0) is 20.3. The van der Waals surface area contributed by atoms with Gasteiger partial charge in [-0.25, -0.2) is 4.68 Å². The van der Waals surface area contributed by atoms with Crippen molar-refractivity contribution in [1.29, 1.82) is 0 Å². The summed E-state index contributed by atoms with van der Waals surface area (Å²) in [6.45, 7) is 0.900. The Morgan fingerprint density at radius 1 is 0.933 bits per heavy atom. The summed E-state index contributed by atoms with van der Waals surface area (Å²) in [5.74, 6) is 2.97. The number of ether oxygens (including phenoxy) is 1. The largest absolute Gasteiger partial charge is 0.497 e. The average molecular weight is 414 g/mol. The Balaban J connectivity index is 1.73. The van der Waals surface area contributed by atoms with Crippen LogP contribution in [0.3, 0.4) is 0 Å². The van der Waals surface area contributed by atoms with E-state index in [-0.39, 0.29) is 5.25 Å². The van der Waals surface area contributed by atoms with Crippen LogP contribution in [0, 0.1) is 0 Å². The van der Waals surface area contributed by atoms with E-state index in [0.29, 0.717) is 0 Å². The van der Waals surface area contributed by atoms with Crippen LogP contribution in [0.1, 0.15) is 16.4 Å². The van der Waals surface area contributed by atoms with Crippen molar-refractivity contribution in [2.75, 3.05) is 24.7 Å². The number of aromatic nitrogens is 2. The molecule has 1 aliphatic heterocycles. The third kappa shape index (κ3) is 3.46. The summed E-state index contributed by atoms with van der Waals surface area (Å²) < 4.78 is 7.43. The van der Waals surface area contributed by atoms with E-state index >= 15 is 0 Å². The van der Waals surface area contributed by atoms with Crippen LogP contribution in [0.4, 0.5) is 5.82 Å². The number of nitrogens with one attached hydrogen (secondary N) is 1. The van der Waals surface area contributed by atoms with Gasteiger partial charge < -0.3 is 10.1 Å². The Labute approximate surface area is 180 Å². The van der Waals surface area contributed by atoms with E-state index in [2.05, 4.69) is 70.7 Å². The molecule has 3 aromatic carbocycles. The molecule has 0 spiro atoms. The molecule has 1 aromatic heterocycles. The van der Waals surface area contributed by atoms with Gasteiger partial charge in [0.2, 0.25) is 0 Å². The van der Waals surface area contributed by atoms with Gasteiger partial charge in [-0.2, -0.15) is 5.10 Å². The Bertz CT molecular complexity index is 1120. The highest BCUT2D eigenvalue weighted by atomic mass is 32.2. The number of para-hydroxylation sites is 1. The predicted molar refractivity (Wildman–Crippen MR) is 125 cm³/mol.